The van der Waals surface area contributed by atoms with Crippen molar-refractivity contribution < 1.29 is 5.11 Å². The molecule has 2 fully saturated rings. The van der Waals surface area contributed by atoms with Crippen LogP contribution in [0.25, 0.3) is 11.5 Å². The third-order valence-corrected chi connectivity index (χ3v) is 6.88. The largest absolute Gasteiger partial charge is 0.491 e. The molecule has 1 aromatic rings. The molecule has 166 valence electrons. The highest BCUT2D eigenvalue weighted by atomic mass is 16.3. The van der Waals surface area contributed by atoms with E-state index in [0.717, 1.165) is 51.3 Å². The number of hydrogen-bond acceptors (Lipinski definition) is 9. The lowest BCUT2D eigenvalue weighted by atomic mass is 9.82. The predicted octanol–water partition coefficient (Wildman–Crippen LogP) is 1.61. The van der Waals surface area contributed by atoms with Crippen molar-refractivity contribution in [2.24, 2.45) is 4.99 Å². The fraction of sp³-hybridized carbons (Fsp3) is 0.500. The molecule has 0 aromatic carbocycles. The van der Waals surface area contributed by atoms with E-state index in [1.54, 1.807) is 6.20 Å². The average molecular weight is 434 g/mol. The van der Waals surface area contributed by atoms with Gasteiger partial charge in [-0.1, -0.05) is 19.3 Å². The summed E-state index contributed by atoms with van der Waals surface area (Å²) >= 11 is 0. The first-order chi connectivity index (χ1) is 15.7. The first kappa shape index (κ1) is 19.4. The van der Waals surface area contributed by atoms with Gasteiger partial charge < -0.3 is 20.6 Å². The zero-order chi connectivity index (χ0) is 21.5. The minimum absolute atomic E-state index is 0.00148. The maximum atomic E-state index is 10.5. The van der Waals surface area contributed by atoms with Crippen LogP contribution >= 0.6 is 0 Å². The number of hydrogen-bond donors (Lipinski definition) is 3. The van der Waals surface area contributed by atoms with Gasteiger partial charge in [0, 0.05) is 32.7 Å². The van der Waals surface area contributed by atoms with E-state index < -0.39 is 0 Å². The second-order valence-electron chi connectivity index (χ2n) is 8.86. The van der Waals surface area contributed by atoms with Gasteiger partial charge in [-0.05, 0) is 25.0 Å². The van der Waals surface area contributed by atoms with Gasteiger partial charge in [-0.3, -0.25) is 4.57 Å². The first-order valence-electron chi connectivity index (χ1n) is 11.4. The van der Waals surface area contributed by atoms with Crippen molar-refractivity contribution in [2.75, 3.05) is 42.9 Å². The molecular formula is C22H27N9O. The molecule has 0 atom stereocenters. The Bertz CT molecular complexity index is 1160. The summed E-state index contributed by atoms with van der Waals surface area (Å²) in [7, 11) is 0. The number of nitrogens with one attached hydrogen (secondary N) is 2. The van der Waals surface area contributed by atoms with Crippen molar-refractivity contribution in [1.82, 2.24) is 29.8 Å². The van der Waals surface area contributed by atoms with Crippen LogP contribution in [0.4, 0.5) is 17.3 Å². The first-order valence-corrected chi connectivity index (χ1v) is 11.4. The van der Waals surface area contributed by atoms with Crippen molar-refractivity contribution in [3.05, 3.63) is 30.1 Å². The van der Waals surface area contributed by atoms with Crippen molar-refractivity contribution >= 4 is 17.3 Å². The van der Waals surface area contributed by atoms with E-state index in [9.17, 15) is 5.11 Å². The smallest absolute Gasteiger partial charge is 0.253 e. The van der Waals surface area contributed by atoms with Gasteiger partial charge in [-0.15, -0.1) is 0 Å². The Kier molecular flexibility index (Phi) is 4.67. The number of fused-ring (bicyclic) bond motifs is 4. The molecule has 1 saturated heterocycles. The molecule has 10 nitrogen and oxygen atoms in total. The summed E-state index contributed by atoms with van der Waals surface area (Å²) in [4.78, 5) is 24.8. The molecule has 10 heteroatoms. The molecule has 1 aromatic heterocycles. The highest BCUT2D eigenvalue weighted by Crippen LogP contribution is 2.46. The van der Waals surface area contributed by atoms with Gasteiger partial charge in [0.1, 0.15) is 5.69 Å². The lowest BCUT2D eigenvalue weighted by Crippen LogP contribution is -2.43. The fourth-order valence-corrected chi connectivity index (χ4v) is 5.24. The van der Waals surface area contributed by atoms with E-state index in [2.05, 4.69) is 40.0 Å². The topological polar surface area (TPSA) is 116 Å². The Labute approximate surface area is 185 Å². The molecular weight excluding hydrogens is 406 g/mol. The van der Waals surface area contributed by atoms with Crippen LogP contribution < -0.4 is 21.2 Å². The molecule has 3 N–H and O–H groups in total. The molecule has 5 heterocycles. The zero-order valence-corrected chi connectivity index (χ0v) is 18.0. The summed E-state index contributed by atoms with van der Waals surface area (Å²) in [5.74, 6) is 1.92. The standard InChI is InChI=1S/C22H27N9O/c32-20-19-26-14-22(6-2-1-3-7-22)31(19)18-16(27-20)13-25-21(29-18)28-17-5-4-15(12-24-17)30-10-8-23-9-11-30/h4-5,12-13,23,26,32H,1-3,6-11,14H2. The van der Waals surface area contributed by atoms with E-state index >= 15 is 0 Å². The molecule has 4 aliphatic heterocycles. The van der Waals surface area contributed by atoms with Crippen LogP contribution in [0.2, 0.25) is 0 Å². The van der Waals surface area contributed by atoms with E-state index in [-0.39, 0.29) is 11.4 Å². The van der Waals surface area contributed by atoms with Crippen LogP contribution in [0.3, 0.4) is 0 Å². The zero-order valence-electron chi connectivity index (χ0n) is 18.0. The van der Waals surface area contributed by atoms with Gasteiger partial charge >= 0.3 is 0 Å². The van der Waals surface area contributed by atoms with E-state index in [4.69, 9.17) is 4.98 Å². The molecule has 6 rings (SSSR count). The molecule has 32 heavy (non-hydrogen) atoms. The van der Waals surface area contributed by atoms with Gasteiger partial charge in [0.25, 0.3) is 11.5 Å². The Balaban J connectivity index is 1.39. The van der Waals surface area contributed by atoms with Crippen LogP contribution in [-0.2, 0) is 5.54 Å². The van der Waals surface area contributed by atoms with Gasteiger partial charge in [-0.2, -0.15) is 9.98 Å². The molecule has 1 aliphatic carbocycles. The summed E-state index contributed by atoms with van der Waals surface area (Å²) in [6, 6.07) is 3.95. The maximum absolute atomic E-state index is 10.5. The summed E-state index contributed by atoms with van der Waals surface area (Å²) in [6.45, 7) is 4.71. The van der Waals surface area contributed by atoms with Crippen molar-refractivity contribution in [2.45, 2.75) is 37.6 Å². The lowest BCUT2D eigenvalue weighted by Gasteiger charge is -2.36. The minimum Gasteiger partial charge on any atom is -0.491 e. The van der Waals surface area contributed by atoms with Crippen LogP contribution in [0.1, 0.15) is 32.1 Å². The normalized spacial score (nSPS) is 20.5. The highest BCUT2D eigenvalue weighted by molar-refractivity contribution is 5.63. The average Bonchev–Trinajstić information content (AvgIpc) is 3.20. The maximum Gasteiger partial charge on any atom is 0.253 e. The molecule has 1 spiro atoms. The predicted molar refractivity (Wildman–Crippen MR) is 120 cm³/mol. The Morgan fingerprint density at radius 2 is 1.84 bits per heavy atom. The quantitative estimate of drug-likeness (QED) is 0.558. The van der Waals surface area contributed by atoms with Crippen LogP contribution in [0, 0.1) is 0 Å². The van der Waals surface area contributed by atoms with Crippen LogP contribution in [0.15, 0.2) is 29.5 Å². The van der Waals surface area contributed by atoms with Gasteiger partial charge in [0.15, 0.2) is 17.5 Å². The number of rotatable bonds is 2. The van der Waals surface area contributed by atoms with Crippen molar-refractivity contribution in [3.8, 4) is 17.4 Å². The molecule has 0 amide bonds. The third-order valence-electron chi connectivity index (χ3n) is 6.88. The molecule has 0 bridgehead atoms. The number of aromatic hydroxyl groups is 1. The third kappa shape index (κ3) is 3.26. The Hall–Kier alpha value is -3.27. The Morgan fingerprint density at radius 1 is 1.00 bits per heavy atom. The number of pyridine rings is 1. The lowest BCUT2D eigenvalue weighted by molar-refractivity contribution is 0.227. The second kappa shape index (κ2) is 7.70. The van der Waals surface area contributed by atoms with E-state index in [1.165, 1.54) is 19.3 Å². The summed E-state index contributed by atoms with van der Waals surface area (Å²) < 4.78 is 2.14. The summed E-state index contributed by atoms with van der Waals surface area (Å²) in [6.07, 6.45) is 9.20. The number of aromatic nitrogens is 5. The van der Waals surface area contributed by atoms with Crippen LogP contribution in [0.5, 0.6) is 5.88 Å². The van der Waals surface area contributed by atoms with E-state index in [1.807, 2.05) is 18.3 Å². The Morgan fingerprint density at radius 3 is 2.62 bits per heavy atom. The number of nitrogens with zero attached hydrogens (tertiary/aromatic N) is 7. The number of piperazine rings is 1. The van der Waals surface area contributed by atoms with Crippen LogP contribution in [-0.4, -0.2) is 62.3 Å². The van der Waals surface area contributed by atoms with Crippen molar-refractivity contribution in [1.29, 1.82) is 0 Å². The minimum atomic E-state index is -0.0823. The summed E-state index contributed by atoms with van der Waals surface area (Å²) in [5.41, 5.74) is 1.94. The van der Waals surface area contributed by atoms with E-state index in [0.29, 0.717) is 28.8 Å². The molecule has 5 aliphatic rings. The van der Waals surface area contributed by atoms with Gasteiger partial charge in [0.2, 0.25) is 0 Å². The summed E-state index contributed by atoms with van der Waals surface area (Å²) in [5, 5.41) is 17.2. The SMILES string of the molecule is Oc1nc2cnc(=Nc3ccc(N4CCNCC4)cn3)nc-2n2c1NCC21CCCCC1. The molecule has 1 saturated carbocycles. The monoisotopic (exact) mass is 433 g/mol. The van der Waals surface area contributed by atoms with Crippen molar-refractivity contribution in [3.63, 3.8) is 0 Å². The molecule has 0 unspecified atom stereocenters. The second-order valence-corrected chi connectivity index (χ2v) is 8.86. The fourth-order valence-electron chi connectivity index (χ4n) is 5.24. The van der Waals surface area contributed by atoms with Gasteiger partial charge in [0.05, 0.1) is 23.6 Å². The number of anilines is 2. The highest BCUT2D eigenvalue weighted by Gasteiger charge is 2.43. The molecule has 0 radical (unpaired) electrons. The van der Waals surface area contributed by atoms with Gasteiger partial charge in [-0.25, -0.2) is 15.0 Å².